The minimum Gasteiger partial charge on any atom is -0.288 e. The van der Waals surface area contributed by atoms with Crippen molar-refractivity contribution in [1.29, 1.82) is 10.5 Å². The summed E-state index contributed by atoms with van der Waals surface area (Å²) in [6, 6.07) is 17.8. The number of hydrogen-bond donors (Lipinski definition) is 1. The van der Waals surface area contributed by atoms with Crippen molar-refractivity contribution >= 4 is 38.2 Å². The highest BCUT2D eigenvalue weighted by molar-refractivity contribution is 7.89. The highest BCUT2D eigenvalue weighted by Crippen LogP contribution is 2.38. The minimum absolute atomic E-state index is 0.0481. The number of carbonyl (C=O) groups excluding carboxylic acids is 1. The van der Waals surface area contributed by atoms with Crippen LogP contribution in [0, 0.1) is 35.4 Å². The lowest BCUT2D eigenvalue weighted by atomic mass is 9.86. The number of carbonyl (C=O) groups is 1. The smallest absolute Gasteiger partial charge is 0.238 e. The average Bonchev–Trinajstić information content (AvgIpc) is 2.82. The minimum atomic E-state index is -4.23. The van der Waals surface area contributed by atoms with E-state index in [1.54, 1.807) is 25.1 Å². The second-order valence-corrected chi connectivity index (χ2v) is 9.77. The number of sulfonamides is 1. The lowest BCUT2D eigenvalue weighted by Gasteiger charge is -2.17. The number of nitrogens with zero attached hydrogens (tertiary/aromatic N) is 2. The lowest BCUT2D eigenvalue weighted by molar-refractivity contribution is 0.103. The first-order valence-electron chi connectivity index (χ1n) is 10.1. The molecule has 0 amide bonds. The summed E-state index contributed by atoms with van der Waals surface area (Å²) in [6.45, 7) is 1.73. The summed E-state index contributed by atoms with van der Waals surface area (Å²) in [5, 5.41) is 25.7. The van der Waals surface area contributed by atoms with Crippen LogP contribution in [0.15, 0.2) is 65.6 Å². The van der Waals surface area contributed by atoms with Crippen LogP contribution in [-0.2, 0) is 10.0 Å². The maximum Gasteiger partial charge on any atom is 0.238 e. The van der Waals surface area contributed by atoms with E-state index in [0.717, 1.165) is 12.1 Å². The van der Waals surface area contributed by atoms with Gasteiger partial charge in [0, 0.05) is 22.1 Å². The Morgan fingerprint density at radius 3 is 2.37 bits per heavy atom. The maximum atomic E-state index is 14.0. The number of rotatable bonds is 4. The molecular weight excluding hydrogens is 489 g/mol. The molecule has 0 saturated heterocycles. The number of primary sulfonamides is 1. The van der Waals surface area contributed by atoms with Gasteiger partial charge >= 0.3 is 0 Å². The first kappa shape index (κ1) is 24.1. The Bertz CT molecular complexity index is 1750. The van der Waals surface area contributed by atoms with Crippen molar-refractivity contribution in [2.24, 2.45) is 5.14 Å². The van der Waals surface area contributed by atoms with E-state index in [0.29, 0.717) is 16.3 Å². The second-order valence-electron chi connectivity index (χ2n) is 7.83. The van der Waals surface area contributed by atoms with Gasteiger partial charge < -0.3 is 0 Å². The Balaban J connectivity index is 2.22. The quantitative estimate of drug-likeness (QED) is 0.382. The number of halogens is 2. The zero-order valence-corrected chi connectivity index (χ0v) is 19.7. The van der Waals surface area contributed by atoms with Crippen LogP contribution in [0.2, 0.25) is 5.02 Å². The predicted octanol–water partition coefficient (Wildman–Crippen LogP) is 5.23. The largest absolute Gasteiger partial charge is 0.288 e. The molecule has 0 radical (unpaired) electrons. The van der Waals surface area contributed by atoms with Gasteiger partial charge in [-0.2, -0.15) is 10.5 Å². The van der Waals surface area contributed by atoms with Crippen molar-refractivity contribution in [3.8, 4) is 23.3 Å². The summed E-state index contributed by atoms with van der Waals surface area (Å²) in [6.07, 6.45) is 0. The predicted molar refractivity (Wildman–Crippen MR) is 130 cm³/mol. The molecule has 0 saturated carbocycles. The Morgan fingerprint density at radius 1 is 0.971 bits per heavy atom. The van der Waals surface area contributed by atoms with E-state index in [-0.39, 0.29) is 43.3 Å². The fourth-order valence-electron chi connectivity index (χ4n) is 3.94. The number of aryl methyl sites for hydroxylation is 1. The molecule has 0 aliphatic carbocycles. The number of fused-ring (bicyclic) bond motifs is 1. The number of benzene rings is 4. The molecule has 0 aliphatic rings. The molecule has 0 aliphatic heterocycles. The Hall–Kier alpha value is -4.08. The molecule has 0 bridgehead atoms. The topological polar surface area (TPSA) is 125 Å². The number of hydrogen-bond acceptors (Lipinski definition) is 5. The van der Waals surface area contributed by atoms with Crippen LogP contribution in [-0.4, -0.2) is 14.2 Å². The molecule has 0 fully saturated rings. The third-order valence-corrected chi connectivity index (χ3v) is 6.81. The van der Waals surface area contributed by atoms with Gasteiger partial charge in [-0.1, -0.05) is 35.4 Å². The van der Waals surface area contributed by atoms with E-state index in [1.165, 1.54) is 30.3 Å². The third kappa shape index (κ3) is 4.39. The van der Waals surface area contributed by atoms with Crippen molar-refractivity contribution in [1.82, 2.24) is 0 Å². The molecule has 172 valence electrons. The van der Waals surface area contributed by atoms with E-state index in [2.05, 4.69) is 0 Å². The summed E-state index contributed by atoms with van der Waals surface area (Å²) >= 11 is 6.20. The van der Waals surface area contributed by atoms with Crippen LogP contribution in [0.5, 0.6) is 0 Å². The second kappa shape index (κ2) is 8.94. The van der Waals surface area contributed by atoms with Gasteiger partial charge in [0.05, 0.1) is 27.1 Å². The first-order chi connectivity index (χ1) is 16.5. The monoisotopic (exact) mass is 503 g/mol. The standard InChI is InChI=1S/C26H15ClFN3O3S/c1-14-2-7-24(35(31,33)34)19(8-14)20-10-16-4-3-15(12-29)9-18(16)22(13-30)25(20)26(32)21-11-17(28)5-6-23(21)27/h2-11H,1H3,(H2,31,33,34). The van der Waals surface area contributed by atoms with Crippen molar-refractivity contribution < 1.29 is 17.6 Å². The molecule has 0 unspecified atom stereocenters. The van der Waals surface area contributed by atoms with Crippen LogP contribution in [0.3, 0.4) is 0 Å². The van der Waals surface area contributed by atoms with Crippen LogP contribution in [0.25, 0.3) is 21.9 Å². The highest BCUT2D eigenvalue weighted by Gasteiger charge is 2.27. The van der Waals surface area contributed by atoms with E-state index in [4.69, 9.17) is 16.7 Å². The molecule has 35 heavy (non-hydrogen) atoms. The summed E-state index contributed by atoms with van der Waals surface area (Å²) in [5.74, 6) is -1.50. The van der Waals surface area contributed by atoms with Gasteiger partial charge in [0.25, 0.3) is 0 Å². The molecular formula is C26H15ClFN3O3S. The zero-order chi connectivity index (χ0) is 25.5. The van der Waals surface area contributed by atoms with E-state index < -0.39 is 21.6 Å². The molecule has 2 N–H and O–H groups in total. The van der Waals surface area contributed by atoms with Crippen LogP contribution in [0.4, 0.5) is 4.39 Å². The molecule has 4 rings (SSSR count). The van der Waals surface area contributed by atoms with Crippen molar-refractivity contribution in [2.45, 2.75) is 11.8 Å². The van der Waals surface area contributed by atoms with Crippen molar-refractivity contribution in [2.75, 3.05) is 0 Å². The van der Waals surface area contributed by atoms with Gasteiger partial charge in [0.1, 0.15) is 11.9 Å². The number of nitriles is 2. The summed E-state index contributed by atoms with van der Waals surface area (Å²) in [5.41, 5.74) is 0.644. The highest BCUT2D eigenvalue weighted by atomic mass is 35.5. The fourth-order valence-corrected chi connectivity index (χ4v) is 4.87. The van der Waals surface area contributed by atoms with Crippen molar-refractivity contribution in [3.05, 3.63) is 99.3 Å². The van der Waals surface area contributed by atoms with Crippen LogP contribution >= 0.6 is 11.6 Å². The lowest BCUT2D eigenvalue weighted by Crippen LogP contribution is -2.15. The van der Waals surface area contributed by atoms with Crippen LogP contribution in [0.1, 0.15) is 32.6 Å². The molecule has 4 aromatic carbocycles. The summed E-state index contributed by atoms with van der Waals surface area (Å²) in [7, 11) is -4.23. The van der Waals surface area contributed by atoms with E-state index >= 15 is 0 Å². The molecule has 6 nitrogen and oxygen atoms in total. The van der Waals surface area contributed by atoms with Gasteiger partial charge in [0.2, 0.25) is 10.0 Å². The first-order valence-corrected chi connectivity index (χ1v) is 12.0. The van der Waals surface area contributed by atoms with Gasteiger partial charge in [-0.15, -0.1) is 0 Å². The molecule has 0 spiro atoms. The third-order valence-electron chi connectivity index (χ3n) is 5.51. The van der Waals surface area contributed by atoms with Gasteiger partial charge in [-0.25, -0.2) is 17.9 Å². The van der Waals surface area contributed by atoms with Gasteiger partial charge in [-0.05, 0) is 60.3 Å². The average molecular weight is 504 g/mol. The Labute approximate surface area is 205 Å². The zero-order valence-electron chi connectivity index (χ0n) is 18.1. The summed E-state index contributed by atoms with van der Waals surface area (Å²) < 4.78 is 38.9. The summed E-state index contributed by atoms with van der Waals surface area (Å²) in [4.78, 5) is 13.5. The maximum absolute atomic E-state index is 14.0. The number of ketones is 1. The van der Waals surface area contributed by atoms with E-state index in [1.807, 2.05) is 12.1 Å². The van der Waals surface area contributed by atoms with Crippen molar-refractivity contribution in [3.63, 3.8) is 0 Å². The molecule has 0 aromatic heterocycles. The number of nitrogens with two attached hydrogens (primary N) is 1. The molecule has 4 aromatic rings. The molecule has 0 atom stereocenters. The SMILES string of the molecule is Cc1ccc(S(N)(=O)=O)c(-c2cc3ccc(C#N)cc3c(C#N)c2C(=O)c2cc(F)ccc2Cl)c1. The molecule has 0 heterocycles. The van der Waals surface area contributed by atoms with E-state index in [9.17, 15) is 28.1 Å². The fraction of sp³-hybridized carbons (Fsp3) is 0.0385. The van der Waals surface area contributed by atoms with Gasteiger partial charge in [-0.3, -0.25) is 4.79 Å². The van der Waals surface area contributed by atoms with Crippen LogP contribution < -0.4 is 5.14 Å². The Kier molecular flexibility index (Phi) is 6.14. The normalized spacial score (nSPS) is 11.1. The molecule has 9 heteroatoms. The Morgan fingerprint density at radius 2 is 1.71 bits per heavy atom. The van der Waals surface area contributed by atoms with Gasteiger partial charge in [0.15, 0.2) is 5.78 Å².